The van der Waals surface area contributed by atoms with E-state index in [-0.39, 0.29) is 5.92 Å². The number of carboxylic acids is 1. The van der Waals surface area contributed by atoms with E-state index in [1.165, 1.54) is 12.8 Å². The molecular weight excluding hydrogens is 230 g/mol. The van der Waals surface area contributed by atoms with Crippen LogP contribution < -0.4 is 5.32 Å². The predicted octanol–water partition coefficient (Wildman–Crippen LogP) is 1.89. The standard InChI is InChI=1S/C14H25NO3/c16-14(17)13-6-2-1-5-12(13)9-15-8-11-4-3-7-18-10-11/h11-13,15H,1-10H2,(H,16,17). The van der Waals surface area contributed by atoms with Crippen molar-refractivity contribution in [3.8, 4) is 0 Å². The van der Waals surface area contributed by atoms with E-state index in [0.29, 0.717) is 11.8 Å². The van der Waals surface area contributed by atoms with Gasteiger partial charge in [0.05, 0.1) is 12.5 Å². The summed E-state index contributed by atoms with van der Waals surface area (Å²) in [4.78, 5) is 11.2. The van der Waals surface area contributed by atoms with Crippen LogP contribution in [0.3, 0.4) is 0 Å². The highest BCUT2D eigenvalue weighted by molar-refractivity contribution is 5.70. The van der Waals surface area contributed by atoms with E-state index >= 15 is 0 Å². The average Bonchev–Trinajstić information content (AvgIpc) is 2.40. The molecule has 3 unspecified atom stereocenters. The zero-order chi connectivity index (χ0) is 12.8. The molecule has 2 aliphatic rings. The lowest BCUT2D eigenvalue weighted by molar-refractivity contribution is -0.144. The normalized spacial score (nSPS) is 33.2. The van der Waals surface area contributed by atoms with Crippen LogP contribution in [0.2, 0.25) is 0 Å². The van der Waals surface area contributed by atoms with Gasteiger partial charge in [-0.2, -0.15) is 0 Å². The van der Waals surface area contributed by atoms with Crippen LogP contribution in [-0.2, 0) is 9.53 Å². The molecule has 0 aromatic rings. The van der Waals surface area contributed by atoms with Crippen LogP contribution in [-0.4, -0.2) is 37.4 Å². The summed E-state index contributed by atoms with van der Waals surface area (Å²) in [6, 6.07) is 0. The molecule has 2 rings (SSSR count). The van der Waals surface area contributed by atoms with Gasteiger partial charge in [-0.25, -0.2) is 0 Å². The highest BCUT2D eigenvalue weighted by atomic mass is 16.5. The molecule has 1 aliphatic carbocycles. The molecule has 2 fully saturated rings. The van der Waals surface area contributed by atoms with Gasteiger partial charge >= 0.3 is 5.97 Å². The Bertz CT molecular complexity index is 264. The Hall–Kier alpha value is -0.610. The molecule has 104 valence electrons. The SMILES string of the molecule is O=C(O)C1CCCCC1CNCC1CCCOC1. The fourth-order valence-electron chi connectivity index (χ4n) is 3.22. The Morgan fingerprint density at radius 2 is 2.00 bits per heavy atom. The molecule has 1 saturated heterocycles. The van der Waals surface area contributed by atoms with Crippen molar-refractivity contribution in [3.05, 3.63) is 0 Å². The van der Waals surface area contributed by atoms with Gasteiger partial charge < -0.3 is 15.2 Å². The van der Waals surface area contributed by atoms with E-state index < -0.39 is 5.97 Å². The van der Waals surface area contributed by atoms with Gasteiger partial charge in [-0.3, -0.25) is 4.79 Å². The van der Waals surface area contributed by atoms with Gasteiger partial charge in [-0.1, -0.05) is 12.8 Å². The predicted molar refractivity (Wildman–Crippen MR) is 69.5 cm³/mol. The number of hydrogen-bond acceptors (Lipinski definition) is 3. The van der Waals surface area contributed by atoms with Crippen molar-refractivity contribution in [1.82, 2.24) is 5.32 Å². The molecule has 0 aromatic heterocycles. The monoisotopic (exact) mass is 255 g/mol. The Labute approximate surface area is 109 Å². The lowest BCUT2D eigenvalue weighted by Gasteiger charge is -2.30. The lowest BCUT2D eigenvalue weighted by Crippen LogP contribution is -2.37. The molecule has 1 heterocycles. The average molecular weight is 255 g/mol. The van der Waals surface area contributed by atoms with E-state index in [0.717, 1.165) is 52.0 Å². The molecule has 1 aliphatic heterocycles. The molecule has 2 N–H and O–H groups in total. The first-order chi connectivity index (χ1) is 8.77. The van der Waals surface area contributed by atoms with Crippen molar-refractivity contribution in [2.24, 2.45) is 17.8 Å². The van der Waals surface area contributed by atoms with Crippen LogP contribution in [0.15, 0.2) is 0 Å². The van der Waals surface area contributed by atoms with Crippen LogP contribution >= 0.6 is 0 Å². The summed E-state index contributed by atoms with van der Waals surface area (Å²) < 4.78 is 5.45. The summed E-state index contributed by atoms with van der Waals surface area (Å²) in [6.45, 7) is 3.59. The van der Waals surface area contributed by atoms with Gasteiger partial charge in [-0.15, -0.1) is 0 Å². The highest BCUT2D eigenvalue weighted by Gasteiger charge is 2.30. The fourth-order valence-corrected chi connectivity index (χ4v) is 3.22. The number of carboxylic acid groups (broad SMARTS) is 1. The molecular formula is C14H25NO3. The minimum atomic E-state index is -0.609. The zero-order valence-electron chi connectivity index (χ0n) is 11.1. The molecule has 0 aromatic carbocycles. The number of hydrogen-bond donors (Lipinski definition) is 2. The quantitative estimate of drug-likeness (QED) is 0.787. The largest absolute Gasteiger partial charge is 0.481 e. The number of nitrogens with one attached hydrogen (secondary N) is 1. The third kappa shape index (κ3) is 3.95. The Morgan fingerprint density at radius 3 is 2.72 bits per heavy atom. The summed E-state index contributed by atoms with van der Waals surface area (Å²) in [5.74, 6) is 0.197. The van der Waals surface area contributed by atoms with Crippen LogP contribution in [0.1, 0.15) is 38.5 Å². The van der Waals surface area contributed by atoms with Gasteiger partial charge in [-0.05, 0) is 44.1 Å². The van der Waals surface area contributed by atoms with E-state index in [4.69, 9.17) is 4.74 Å². The Kier molecular flexibility index (Phi) is 5.45. The second kappa shape index (κ2) is 7.10. The fraction of sp³-hybridized carbons (Fsp3) is 0.929. The second-order valence-electron chi connectivity index (χ2n) is 5.73. The smallest absolute Gasteiger partial charge is 0.306 e. The van der Waals surface area contributed by atoms with Crippen molar-refractivity contribution < 1.29 is 14.6 Å². The molecule has 0 amide bonds. The first kappa shape index (κ1) is 13.8. The third-order valence-corrected chi connectivity index (χ3v) is 4.32. The first-order valence-corrected chi connectivity index (χ1v) is 7.28. The Morgan fingerprint density at radius 1 is 1.17 bits per heavy atom. The van der Waals surface area contributed by atoms with Crippen LogP contribution in [0.4, 0.5) is 0 Å². The van der Waals surface area contributed by atoms with Crippen LogP contribution in [0.25, 0.3) is 0 Å². The van der Waals surface area contributed by atoms with Gasteiger partial charge in [0.2, 0.25) is 0 Å². The van der Waals surface area contributed by atoms with Gasteiger partial charge in [0, 0.05) is 13.2 Å². The first-order valence-electron chi connectivity index (χ1n) is 7.28. The summed E-state index contributed by atoms with van der Waals surface area (Å²) >= 11 is 0. The number of carbonyl (C=O) groups is 1. The third-order valence-electron chi connectivity index (χ3n) is 4.32. The van der Waals surface area contributed by atoms with Crippen molar-refractivity contribution >= 4 is 5.97 Å². The molecule has 3 atom stereocenters. The summed E-state index contributed by atoms with van der Waals surface area (Å²) in [5.41, 5.74) is 0. The molecule has 4 heteroatoms. The van der Waals surface area contributed by atoms with E-state index in [9.17, 15) is 9.90 Å². The lowest BCUT2D eigenvalue weighted by atomic mass is 9.79. The van der Waals surface area contributed by atoms with Crippen molar-refractivity contribution in [3.63, 3.8) is 0 Å². The number of aliphatic carboxylic acids is 1. The zero-order valence-corrected chi connectivity index (χ0v) is 11.1. The highest BCUT2D eigenvalue weighted by Crippen LogP contribution is 2.29. The van der Waals surface area contributed by atoms with Gasteiger partial charge in [0.15, 0.2) is 0 Å². The van der Waals surface area contributed by atoms with Gasteiger partial charge in [0.25, 0.3) is 0 Å². The maximum atomic E-state index is 11.2. The van der Waals surface area contributed by atoms with Crippen molar-refractivity contribution in [2.45, 2.75) is 38.5 Å². The molecule has 4 nitrogen and oxygen atoms in total. The summed E-state index contributed by atoms with van der Waals surface area (Å²) in [6.07, 6.45) is 6.57. The van der Waals surface area contributed by atoms with Crippen molar-refractivity contribution in [1.29, 1.82) is 0 Å². The molecule has 18 heavy (non-hydrogen) atoms. The van der Waals surface area contributed by atoms with Crippen LogP contribution in [0, 0.1) is 17.8 Å². The maximum Gasteiger partial charge on any atom is 0.306 e. The number of rotatable bonds is 5. The van der Waals surface area contributed by atoms with Gasteiger partial charge in [0.1, 0.15) is 0 Å². The summed E-state index contributed by atoms with van der Waals surface area (Å²) in [5, 5.41) is 12.7. The topological polar surface area (TPSA) is 58.6 Å². The minimum Gasteiger partial charge on any atom is -0.481 e. The molecule has 0 radical (unpaired) electrons. The van der Waals surface area contributed by atoms with E-state index in [1.807, 2.05) is 0 Å². The molecule has 0 bridgehead atoms. The minimum absolute atomic E-state index is 0.131. The van der Waals surface area contributed by atoms with E-state index in [2.05, 4.69) is 5.32 Å². The Balaban J connectivity index is 1.69. The maximum absolute atomic E-state index is 11.2. The molecule has 0 spiro atoms. The number of ether oxygens (including phenoxy) is 1. The summed E-state index contributed by atoms with van der Waals surface area (Å²) in [7, 11) is 0. The van der Waals surface area contributed by atoms with Crippen LogP contribution in [0.5, 0.6) is 0 Å². The second-order valence-corrected chi connectivity index (χ2v) is 5.73. The van der Waals surface area contributed by atoms with E-state index in [1.54, 1.807) is 0 Å². The molecule has 1 saturated carbocycles. The van der Waals surface area contributed by atoms with Crippen molar-refractivity contribution in [2.75, 3.05) is 26.3 Å².